The fraction of sp³-hybridized carbons (Fsp3) is 0.464. The molecule has 196 valence electrons. The third-order valence-electron chi connectivity index (χ3n) is 7.04. The van der Waals surface area contributed by atoms with Crippen molar-refractivity contribution in [2.75, 3.05) is 0 Å². The molecule has 9 heteroatoms. The van der Waals surface area contributed by atoms with E-state index in [0.29, 0.717) is 11.3 Å². The predicted molar refractivity (Wildman–Crippen MR) is 141 cm³/mol. The van der Waals surface area contributed by atoms with E-state index in [0.717, 1.165) is 42.4 Å². The number of carbonyl (C=O) groups excluding carboxylic acids is 2. The monoisotopic (exact) mass is 522 g/mol. The summed E-state index contributed by atoms with van der Waals surface area (Å²) in [5.74, 6) is -0.222. The van der Waals surface area contributed by atoms with E-state index in [1.165, 1.54) is 0 Å². The van der Waals surface area contributed by atoms with Gasteiger partial charge in [0.15, 0.2) is 4.90 Å². The van der Waals surface area contributed by atoms with Gasteiger partial charge in [-0.1, -0.05) is 24.3 Å². The van der Waals surface area contributed by atoms with Gasteiger partial charge < -0.3 is 14.6 Å². The maximum atomic E-state index is 13.4. The van der Waals surface area contributed by atoms with Gasteiger partial charge in [0.25, 0.3) is 0 Å². The second-order valence-corrected chi connectivity index (χ2v) is 11.9. The van der Waals surface area contributed by atoms with Gasteiger partial charge in [0.2, 0.25) is 5.91 Å². The van der Waals surface area contributed by atoms with Crippen LogP contribution in [0.4, 0.5) is 4.79 Å². The first-order chi connectivity index (χ1) is 17.6. The molecule has 1 saturated carbocycles. The highest BCUT2D eigenvalue weighted by Gasteiger charge is 2.49. The predicted octanol–water partition coefficient (Wildman–Crippen LogP) is 4.06. The number of carbonyl (C=O) groups is 2. The molecule has 0 radical (unpaired) electrons. The number of ether oxygens (including phenoxy) is 1. The van der Waals surface area contributed by atoms with Crippen LogP contribution in [0, 0.1) is 17.2 Å². The standard InChI is InChI=1S/C28H34N4O4S/c1-28(2,3)36-27(34)32-23-12-8-21(9-13-23)25(32)26(33)31-22(17-29)16-18-4-6-19(7-5-18)20-10-14-24(15-11-20)37(30)35/h4-7,10-11,14-15,21-23,25H,8-9,12-13,16,30H2,1-3H3,(H,31,33)/t21?,22-,23?,25-,37?/m0/s1. The molecule has 2 saturated heterocycles. The Kier molecular flexibility index (Phi) is 8.12. The van der Waals surface area contributed by atoms with Crippen molar-refractivity contribution >= 4 is 23.4 Å². The van der Waals surface area contributed by atoms with Gasteiger partial charge in [-0.25, -0.2) is 4.79 Å². The van der Waals surface area contributed by atoms with Crippen LogP contribution >= 0.6 is 0 Å². The molecular formula is C28H34N4O4S. The van der Waals surface area contributed by atoms with Gasteiger partial charge >= 0.3 is 6.09 Å². The van der Waals surface area contributed by atoms with Gasteiger partial charge in [-0.3, -0.25) is 9.69 Å². The van der Waals surface area contributed by atoms with E-state index in [-0.39, 0.29) is 17.9 Å². The number of fused-ring (bicyclic) bond motifs is 3. The number of benzene rings is 2. The van der Waals surface area contributed by atoms with Crippen LogP contribution in [0.25, 0.3) is 11.1 Å². The smallest absolute Gasteiger partial charge is 0.411 e. The lowest BCUT2D eigenvalue weighted by molar-refractivity contribution is -0.135. The molecule has 3 aliphatic rings. The topological polar surface area (TPSA) is 132 Å². The molecule has 1 unspecified atom stereocenters. The van der Waals surface area contributed by atoms with Gasteiger partial charge in [0.05, 0.1) is 17.4 Å². The van der Waals surface area contributed by atoms with E-state index in [2.05, 4.69) is 11.4 Å². The number of nitrogens with one attached hydrogen (secondary N) is 1. The van der Waals surface area contributed by atoms with Gasteiger partial charge in [-0.2, -0.15) is 5.26 Å². The van der Waals surface area contributed by atoms with Crippen molar-refractivity contribution in [1.82, 2.24) is 10.2 Å². The molecule has 0 aromatic heterocycles. The number of hydrogen-bond acceptors (Lipinski definition) is 6. The number of nitrogens with two attached hydrogens (primary N) is 1. The first-order valence-electron chi connectivity index (χ1n) is 12.6. The fourth-order valence-electron chi connectivity index (χ4n) is 5.30. The molecule has 2 aliphatic heterocycles. The first kappa shape index (κ1) is 27.0. The van der Waals surface area contributed by atoms with Crippen LogP contribution in [0.15, 0.2) is 53.4 Å². The van der Waals surface area contributed by atoms with Gasteiger partial charge in [0.1, 0.15) is 17.7 Å². The molecule has 3 fully saturated rings. The third-order valence-corrected chi connectivity index (χ3v) is 7.78. The summed E-state index contributed by atoms with van der Waals surface area (Å²) in [4.78, 5) is 28.6. The summed E-state index contributed by atoms with van der Waals surface area (Å²) in [6.07, 6.45) is 3.41. The van der Waals surface area contributed by atoms with Crippen molar-refractivity contribution < 1.29 is 18.9 Å². The lowest BCUT2D eigenvalue weighted by atomic mass is 9.74. The average Bonchev–Trinajstić information content (AvgIpc) is 2.87. The maximum absolute atomic E-state index is 13.4. The Hall–Kier alpha value is -3.06. The highest BCUT2D eigenvalue weighted by Crippen LogP contribution is 2.40. The summed E-state index contributed by atoms with van der Waals surface area (Å²) in [7, 11) is 0. The van der Waals surface area contributed by atoms with Crippen molar-refractivity contribution in [3.63, 3.8) is 0 Å². The van der Waals surface area contributed by atoms with E-state index >= 15 is 0 Å². The highest BCUT2D eigenvalue weighted by atomic mass is 32.2. The zero-order chi connectivity index (χ0) is 26.7. The Balaban J connectivity index is 1.42. The number of nitrogens with zero attached hydrogens (tertiary/aromatic N) is 2. The lowest BCUT2D eigenvalue weighted by Gasteiger charge is -2.50. The van der Waals surface area contributed by atoms with Crippen molar-refractivity contribution in [3.8, 4) is 17.2 Å². The molecular weight excluding hydrogens is 488 g/mol. The van der Waals surface area contributed by atoms with Crippen molar-refractivity contribution in [2.45, 2.75) is 81.5 Å². The molecule has 2 aromatic carbocycles. The van der Waals surface area contributed by atoms with Crippen molar-refractivity contribution in [3.05, 3.63) is 54.1 Å². The first-order valence-corrected chi connectivity index (χ1v) is 13.8. The number of nitriles is 1. The van der Waals surface area contributed by atoms with Crippen LogP contribution < -0.4 is 10.5 Å². The van der Waals surface area contributed by atoms with E-state index in [1.807, 2.05) is 57.2 Å². The Morgan fingerprint density at radius 3 is 2.19 bits per heavy atom. The molecule has 8 nitrogen and oxygen atoms in total. The Morgan fingerprint density at radius 2 is 1.68 bits per heavy atom. The molecule has 5 rings (SSSR count). The Bertz CT molecular complexity index is 1150. The van der Waals surface area contributed by atoms with Crippen molar-refractivity contribution in [2.24, 2.45) is 11.1 Å². The number of piperidine rings is 2. The zero-order valence-electron chi connectivity index (χ0n) is 21.5. The third kappa shape index (κ3) is 6.45. The molecule has 37 heavy (non-hydrogen) atoms. The average molecular weight is 523 g/mol. The van der Waals surface area contributed by atoms with Crippen LogP contribution in [-0.4, -0.2) is 45.2 Å². The molecule has 1 aliphatic carbocycles. The summed E-state index contributed by atoms with van der Waals surface area (Å²) >= 11 is -1.52. The zero-order valence-corrected chi connectivity index (χ0v) is 22.3. The normalized spacial score (nSPS) is 22.6. The second kappa shape index (κ2) is 11.1. The van der Waals surface area contributed by atoms with Gasteiger partial charge in [0, 0.05) is 12.5 Å². The minimum atomic E-state index is -1.52. The fourth-order valence-corrected chi connectivity index (χ4v) is 5.71. The maximum Gasteiger partial charge on any atom is 0.411 e. The van der Waals surface area contributed by atoms with E-state index in [9.17, 15) is 19.4 Å². The molecule has 2 heterocycles. The molecule has 2 aromatic rings. The minimum absolute atomic E-state index is 0.0115. The van der Waals surface area contributed by atoms with E-state index < -0.39 is 35.1 Å². The lowest BCUT2D eigenvalue weighted by Crippen LogP contribution is -2.64. The Morgan fingerprint density at radius 1 is 1.11 bits per heavy atom. The van der Waals surface area contributed by atoms with Crippen LogP contribution in [0.3, 0.4) is 0 Å². The molecule has 2 amide bonds. The SMILES string of the molecule is CC(C)(C)OC(=O)N1C2CCC(CC2)[C@H]1C(=O)N[C@H](C#N)Cc1ccc(-c2ccc([S+](N)[O-])cc2)cc1. The number of amides is 2. The highest BCUT2D eigenvalue weighted by molar-refractivity contribution is 7.89. The summed E-state index contributed by atoms with van der Waals surface area (Å²) < 4.78 is 17.0. The number of hydrogen-bond donors (Lipinski definition) is 2. The largest absolute Gasteiger partial charge is 0.593 e. The van der Waals surface area contributed by atoms with Crippen molar-refractivity contribution in [1.29, 1.82) is 5.26 Å². The van der Waals surface area contributed by atoms with Gasteiger partial charge in [-0.15, -0.1) is 5.14 Å². The van der Waals surface area contributed by atoms with Crippen LogP contribution in [0.1, 0.15) is 52.0 Å². The Labute approximate surface area is 221 Å². The quantitative estimate of drug-likeness (QED) is 0.550. The molecule has 3 N–H and O–H groups in total. The van der Waals surface area contributed by atoms with Crippen LogP contribution in [0.2, 0.25) is 0 Å². The van der Waals surface area contributed by atoms with Crippen LogP contribution in [0.5, 0.6) is 0 Å². The minimum Gasteiger partial charge on any atom is -0.593 e. The summed E-state index contributed by atoms with van der Waals surface area (Å²) in [6, 6.07) is 15.8. The van der Waals surface area contributed by atoms with E-state index in [4.69, 9.17) is 9.88 Å². The summed E-state index contributed by atoms with van der Waals surface area (Å²) in [5.41, 5.74) is 2.19. The number of rotatable bonds is 6. The second-order valence-electron chi connectivity index (χ2n) is 10.8. The summed E-state index contributed by atoms with van der Waals surface area (Å²) in [6.45, 7) is 5.45. The molecule has 3 atom stereocenters. The molecule has 2 bridgehead atoms. The summed E-state index contributed by atoms with van der Waals surface area (Å²) in [5, 5.41) is 18.1. The van der Waals surface area contributed by atoms with Gasteiger partial charge in [-0.05, 0) is 93.3 Å². The van der Waals surface area contributed by atoms with E-state index in [1.54, 1.807) is 17.0 Å². The van der Waals surface area contributed by atoms with Crippen LogP contribution in [-0.2, 0) is 27.3 Å². The molecule has 0 spiro atoms.